The van der Waals surface area contributed by atoms with Gasteiger partial charge < -0.3 is 53.2 Å². The van der Waals surface area contributed by atoms with Crippen molar-refractivity contribution in [1.29, 1.82) is 15.8 Å². The molecule has 0 saturated carbocycles. The average Bonchev–Trinajstić information content (AvgIpc) is 3.97. The largest absolute Gasteiger partial charge is 0.573 e. The molecule has 0 bridgehead atoms. The number of ether oxygens (including phenoxy) is 7. The second kappa shape index (κ2) is 31.4. The van der Waals surface area contributed by atoms with Gasteiger partial charge in [-0.2, -0.15) is 21.0 Å². The molecule has 90 heavy (non-hydrogen) atoms. The Bertz CT molecular complexity index is 2850. The van der Waals surface area contributed by atoms with Gasteiger partial charge in [0.1, 0.15) is 17.1 Å². The lowest BCUT2D eigenvalue weighted by Gasteiger charge is -2.46. The molecular formula is C63H85Cl2F6N11O8. The Morgan fingerprint density at radius 3 is 1.30 bits per heavy atom. The van der Waals surface area contributed by atoms with Crippen LogP contribution in [0.25, 0.3) is 0 Å². The van der Waals surface area contributed by atoms with E-state index in [1.807, 2.05) is 30.6 Å². The summed E-state index contributed by atoms with van der Waals surface area (Å²) in [6.45, 7) is 14.6. The summed E-state index contributed by atoms with van der Waals surface area (Å²) in [5.41, 5.74) is 0.362. The molecule has 27 heteroatoms. The number of hydrogen-bond acceptors (Lipinski definition) is 17. The number of piperidine rings is 4. The first-order valence-corrected chi connectivity index (χ1v) is 32.2. The lowest BCUT2D eigenvalue weighted by atomic mass is 9.81. The molecule has 2 N–H and O–H groups in total. The van der Waals surface area contributed by atoms with E-state index < -0.39 is 18.3 Å². The number of rotatable bonds is 9. The zero-order chi connectivity index (χ0) is 64.6. The normalized spacial score (nSPS) is 24.5. The number of nitrogens with zero attached hydrogens (tertiary/aromatic N) is 9. The zero-order valence-corrected chi connectivity index (χ0v) is 53.2. The Balaban J connectivity index is 0.000000159. The molecule has 0 radical (unpaired) electrons. The first kappa shape index (κ1) is 70.3. The molecule has 0 aliphatic carbocycles. The number of alkyl halides is 6. The fourth-order valence-electron chi connectivity index (χ4n) is 13.3. The van der Waals surface area contributed by atoms with Crippen LogP contribution >= 0.6 is 23.2 Å². The predicted octanol–water partition coefficient (Wildman–Crippen LogP) is 13.2. The monoisotopic (exact) mass is 1310 g/mol. The minimum atomic E-state index is -4.73. The molecule has 8 saturated heterocycles. The highest BCUT2D eigenvalue weighted by molar-refractivity contribution is 6.33. The van der Waals surface area contributed by atoms with E-state index in [4.69, 9.17) is 62.7 Å². The minimum absolute atomic E-state index is 0.0789. The number of halogens is 8. The number of benzene rings is 2. The van der Waals surface area contributed by atoms with Crippen molar-refractivity contribution in [3.05, 3.63) is 52.3 Å². The minimum Gasteiger partial charge on any atom is -0.444 e. The molecule has 19 nitrogen and oxygen atoms in total. The highest BCUT2D eigenvalue weighted by atomic mass is 35.5. The van der Waals surface area contributed by atoms with Gasteiger partial charge in [-0.05, 0) is 185 Å². The van der Waals surface area contributed by atoms with Gasteiger partial charge in [-0.25, -0.2) is 4.79 Å². The molecule has 4 atom stereocenters. The Kier molecular flexibility index (Phi) is 24.5. The van der Waals surface area contributed by atoms with Gasteiger partial charge in [0.25, 0.3) is 0 Å². The molecule has 11 rings (SSSR count). The highest BCUT2D eigenvalue weighted by Crippen LogP contribution is 2.44. The molecule has 2 aromatic carbocycles. The maximum atomic E-state index is 12.5. The number of carbonyl (C=O) groups is 1. The van der Waals surface area contributed by atoms with Gasteiger partial charge in [-0.3, -0.25) is 0 Å². The van der Waals surface area contributed by atoms with E-state index in [0.29, 0.717) is 129 Å². The van der Waals surface area contributed by atoms with Gasteiger partial charge in [0, 0.05) is 77.1 Å². The van der Waals surface area contributed by atoms with Crippen molar-refractivity contribution in [1.82, 2.24) is 30.8 Å². The van der Waals surface area contributed by atoms with Gasteiger partial charge in [-0.15, -0.1) is 36.5 Å². The van der Waals surface area contributed by atoms with E-state index in [0.717, 1.165) is 122 Å². The van der Waals surface area contributed by atoms with Crippen LogP contribution in [-0.4, -0.2) is 151 Å². The third-order valence-corrected chi connectivity index (χ3v) is 19.3. The average molecular weight is 1310 g/mol. The quantitative estimate of drug-likeness (QED) is 0.190. The molecule has 4 spiro atoms. The number of amides is 1. The molecule has 8 fully saturated rings. The van der Waals surface area contributed by atoms with Crippen molar-refractivity contribution in [3.8, 4) is 29.7 Å². The number of likely N-dealkylation sites (tertiary alicyclic amines) is 1. The fraction of sp³-hybridized carbons (Fsp3) is 0.730. The summed E-state index contributed by atoms with van der Waals surface area (Å²) in [6, 6.07) is 14.6. The van der Waals surface area contributed by atoms with Crippen LogP contribution in [0.4, 0.5) is 42.5 Å². The van der Waals surface area contributed by atoms with Crippen molar-refractivity contribution in [2.75, 3.05) is 88.6 Å². The van der Waals surface area contributed by atoms with E-state index in [-0.39, 0.29) is 40.0 Å². The number of H-pyrrole nitrogens is 1. The van der Waals surface area contributed by atoms with Crippen molar-refractivity contribution in [2.24, 2.45) is 23.7 Å². The van der Waals surface area contributed by atoms with Crippen molar-refractivity contribution in [2.45, 2.75) is 190 Å². The van der Waals surface area contributed by atoms with Crippen LogP contribution in [0, 0.1) is 57.7 Å². The van der Waals surface area contributed by atoms with E-state index in [2.05, 4.69) is 53.6 Å². The van der Waals surface area contributed by atoms with E-state index in [9.17, 15) is 31.1 Å². The maximum absolute atomic E-state index is 12.5. The van der Waals surface area contributed by atoms with E-state index >= 15 is 0 Å². The Labute approximate surface area is 533 Å². The Morgan fingerprint density at radius 2 is 0.967 bits per heavy atom. The standard InChI is InChI=1S/C18H21ClF3N5O2.C18H20ClF3N2O2.C16H26N2O3.C11H18N2O/c19-14-2-1-13(29-18(20,21)22)10-15(14)27-7-5-17(6-8-27)4-3-12(11-28-17)9-16-23-25-26-24-16;19-15-2-1-14(26-18(20,21)22)11-16(15)24-9-6-17(7-10-24)5-3-13(4-8-23)12-25-17;1-15(2,3)21-14(19)18-10-7-16(8-11-18)6-4-13(5-9-17)12-20-16;12-6-2-10-1-3-11(14-9-10)4-7-13-8-5-11/h1-2,10,12H,3-9,11H2,(H,23,24,25,26);1-2,11,13H,3-7,9-10,12H2;13H,4-8,10-12H2,1-3H3;10,13H,1-5,7-9H2. The summed E-state index contributed by atoms with van der Waals surface area (Å²) >= 11 is 12.4. The van der Waals surface area contributed by atoms with Gasteiger partial charge in [0.2, 0.25) is 0 Å². The molecular weight excluding hydrogens is 1220 g/mol. The second-order valence-electron chi connectivity index (χ2n) is 26.2. The molecule has 496 valence electrons. The summed E-state index contributed by atoms with van der Waals surface area (Å²) in [7, 11) is 0. The lowest BCUT2D eigenvalue weighted by Crippen LogP contribution is -2.51. The number of nitriles is 3. The summed E-state index contributed by atoms with van der Waals surface area (Å²) < 4.78 is 113. The summed E-state index contributed by atoms with van der Waals surface area (Å²) in [6.07, 6.45) is 8.23. The molecule has 1 amide bonds. The molecule has 8 aliphatic rings. The smallest absolute Gasteiger partial charge is 0.444 e. The van der Waals surface area contributed by atoms with Gasteiger partial charge in [0.15, 0.2) is 5.82 Å². The van der Waals surface area contributed by atoms with Crippen LogP contribution < -0.4 is 24.6 Å². The van der Waals surface area contributed by atoms with Crippen molar-refractivity contribution < 1.29 is 64.3 Å². The molecule has 9 heterocycles. The van der Waals surface area contributed by atoms with Crippen LogP contribution in [0.3, 0.4) is 0 Å². The van der Waals surface area contributed by atoms with Crippen LogP contribution in [0.5, 0.6) is 11.5 Å². The number of tetrazole rings is 1. The van der Waals surface area contributed by atoms with E-state index in [1.54, 1.807) is 4.90 Å². The summed E-state index contributed by atoms with van der Waals surface area (Å²) in [4.78, 5) is 17.8. The maximum Gasteiger partial charge on any atom is 0.573 e. The first-order chi connectivity index (χ1) is 42.8. The number of aromatic amines is 1. The SMILES string of the molecule is CC(C)(C)OC(=O)N1CCC2(CCC(CC#N)CO2)CC1.FC(F)(F)Oc1ccc(Cl)c(N2CCC3(CCC(Cc4nn[nH]n4)CO3)CC2)c1.N#CCC1CCC2(CCN(c3cc(OC(F)(F)F)ccc3Cl)CC2)OC1.N#CCC1CCC2(CCNCC2)OC1. The van der Waals surface area contributed by atoms with Gasteiger partial charge in [0.05, 0.1) is 88.5 Å². The number of aromatic nitrogens is 4. The second-order valence-corrected chi connectivity index (χ2v) is 27.0. The molecule has 4 unspecified atom stereocenters. The molecule has 8 aliphatic heterocycles. The Morgan fingerprint density at radius 1 is 0.589 bits per heavy atom. The third kappa shape index (κ3) is 21.0. The predicted molar refractivity (Wildman–Crippen MR) is 323 cm³/mol. The van der Waals surface area contributed by atoms with Crippen LogP contribution in [0.15, 0.2) is 36.4 Å². The molecule has 1 aromatic heterocycles. The zero-order valence-electron chi connectivity index (χ0n) is 51.7. The van der Waals surface area contributed by atoms with Crippen LogP contribution in [0.1, 0.15) is 149 Å². The van der Waals surface area contributed by atoms with Crippen molar-refractivity contribution >= 4 is 40.7 Å². The molecule has 3 aromatic rings. The van der Waals surface area contributed by atoms with Gasteiger partial charge >= 0.3 is 18.8 Å². The summed E-state index contributed by atoms with van der Waals surface area (Å²) in [5, 5.41) is 44.3. The van der Waals surface area contributed by atoms with Gasteiger partial charge in [-0.1, -0.05) is 28.4 Å². The first-order valence-electron chi connectivity index (χ1n) is 31.5. The number of hydrogen-bond donors (Lipinski definition) is 2. The fourth-order valence-corrected chi connectivity index (χ4v) is 13.8. The summed E-state index contributed by atoms with van der Waals surface area (Å²) in [5.74, 6) is 1.68. The third-order valence-electron chi connectivity index (χ3n) is 18.7. The Hall–Kier alpha value is -5.59. The number of carbonyl (C=O) groups excluding carboxylic acids is 1. The van der Waals surface area contributed by atoms with Crippen LogP contribution in [-0.2, 0) is 30.1 Å². The highest BCUT2D eigenvalue weighted by Gasteiger charge is 2.44. The number of nitrogens with one attached hydrogen (secondary N) is 2. The number of anilines is 2. The lowest BCUT2D eigenvalue weighted by molar-refractivity contribution is -0.275. The topological polar surface area (TPSA) is 229 Å². The van der Waals surface area contributed by atoms with Crippen LogP contribution in [0.2, 0.25) is 10.0 Å². The van der Waals surface area contributed by atoms with Crippen molar-refractivity contribution in [3.63, 3.8) is 0 Å². The van der Waals surface area contributed by atoms with E-state index in [1.165, 1.54) is 42.8 Å².